The summed E-state index contributed by atoms with van der Waals surface area (Å²) in [5.74, 6) is 0.871. The van der Waals surface area contributed by atoms with Gasteiger partial charge in [0.05, 0.1) is 34.4 Å². The van der Waals surface area contributed by atoms with Gasteiger partial charge in [-0.15, -0.1) is 0 Å². The van der Waals surface area contributed by atoms with Crippen LogP contribution in [0.25, 0.3) is 0 Å². The number of methoxy groups -OCH3 is 1. The molecule has 9 heteroatoms. The molecule has 0 rings (SSSR count). The third-order valence-electron chi connectivity index (χ3n) is 6.04. The first-order valence-electron chi connectivity index (χ1n) is 13.9. The van der Waals surface area contributed by atoms with Gasteiger partial charge in [0.1, 0.15) is 13.2 Å². The summed E-state index contributed by atoms with van der Waals surface area (Å²) in [6.45, 7) is 3.33. The molecular weight excluding hydrogens is 485 g/mol. The molecule has 35 heavy (non-hydrogen) atoms. The number of rotatable bonds is 26. The Hall–Kier alpha value is 0.180. The molecule has 0 heterocycles. The maximum atomic E-state index is 12.5. The summed E-state index contributed by atoms with van der Waals surface area (Å²) in [5.41, 5.74) is 0. The van der Waals surface area contributed by atoms with Crippen molar-refractivity contribution in [2.75, 3.05) is 66.1 Å². The Morgan fingerprint density at radius 1 is 0.800 bits per heavy atom. The normalized spacial score (nSPS) is 15.7. The third-order valence-corrected chi connectivity index (χ3v) is 8.61. The first-order chi connectivity index (χ1) is 16.6. The Labute approximate surface area is 219 Å². The van der Waals surface area contributed by atoms with Gasteiger partial charge in [0.15, 0.2) is 0 Å². The van der Waals surface area contributed by atoms with Gasteiger partial charge in [-0.1, -0.05) is 90.4 Å². The summed E-state index contributed by atoms with van der Waals surface area (Å²) in [4.78, 5) is 9.89. The number of unbranched alkanes of at least 4 members (excludes halogenated alkanes) is 13. The number of quaternary nitrogens is 1. The van der Waals surface area contributed by atoms with E-state index < -0.39 is 18.6 Å². The smallest absolute Gasteiger partial charge is 0.384 e. The summed E-state index contributed by atoms with van der Waals surface area (Å²) in [7, 11) is 2.41. The molecule has 3 unspecified atom stereocenters. The van der Waals surface area contributed by atoms with Crippen LogP contribution in [0.4, 0.5) is 0 Å². The molecule has 0 aliphatic carbocycles. The quantitative estimate of drug-likeness (QED) is 0.0783. The lowest BCUT2D eigenvalue weighted by Crippen LogP contribution is -2.37. The second kappa shape index (κ2) is 22.2. The number of phosphoric acid groups is 1. The first-order valence-corrected chi connectivity index (χ1v) is 16.8. The second-order valence-corrected chi connectivity index (χ2v) is 13.9. The second-order valence-electron chi connectivity index (χ2n) is 10.8. The minimum atomic E-state index is -4.12. The number of hydrogen-bond donors (Lipinski definition) is 1. The van der Waals surface area contributed by atoms with Crippen molar-refractivity contribution in [3.05, 3.63) is 0 Å². The van der Waals surface area contributed by atoms with Gasteiger partial charge in [-0.2, -0.15) is 0 Å². The summed E-state index contributed by atoms with van der Waals surface area (Å²) >= 11 is 0. The highest BCUT2D eigenvalue weighted by atomic mass is 32.2. The molecule has 0 saturated carbocycles. The lowest BCUT2D eigenvalue weighted by atomic mass is 10.0. The van der Waals surface area contributed by atoms with Gasteiger partial charge >= 0.3 is 7.82 Å². The van der Waals surface area contributed by atoms with Crippen LogP contribution < -0.4 is 0 Å². The highest BCUT2D eigenvalue weighted by Crippen LogP contribution is 2.43. The predicted molar refractivity (Wildman–Crippen MR) is 148 cm³/mol. The summed E-state index contributed by atoms with van der Waals surface area (Å²) in [6, 6.07) is 0. The Balaban J connectivity index is 3.82. The molecule has 3 atom stereocenters. The Kier molecular flexibility index (Phi) is 22.3. The van der Waals surface area contributed by atoms with Crippen molar-refractivity contribution in [1.82, 2.24) is 0 Å². The van der Waals surface area contributed by atoms with E-state index in [1.807, 2.05) is 21.1 Å². The average molecular weight is 543 g/mol. The third kappa shape index (κ3) is 25.6. The zero-order valence-electron chi connectivity index (χ0n) is 23.5. The van der Waals surface area contributed by atoms with Gasteiger partial charge in [-0.05, 0) is 6.42 Å². The van der Waals surface area contributed by atoms with Gasteiger partial charge in [0, 0.05) is 35.3 Å². The van der Waals surface area contributed by atoms with Crippen molar-refractivity contribution in [1.29, 1.82) is 0 Å². The fourth-order valence-corrected chi connectivity index (χ4v) is 6.05. The highest BCUT2D eigenvalue weighted by Gasteiger charge is 2.25. The minimum absolute atomic E-state index is 0.00350. The SMILES string of the molecule is CCCCCCCCCCCCCCCCS(=O)CC(COC)COP(=O)(O)OCC[N+](C)(C)C. The molecule has 212 valence electrons. The zero-order chi connectivity index (χ0) is 26.4. The van der Waals surface area contributed by atoms with E-state index in [-0.39, 0.29) is 19.1 Å². The van der Waals surface area contributed by atoms with E-state index in [9.17, 15) is 13.7 Å². The van der Waals surface area contributed by atoms with Gasteiger partial charge < -0.3 is 14.1 Å². The first kappa shape index (κ1) is 35.2. The molecule has 0 fully saturated rings. The molecule has 0 radical (unpaired) electrons. The lowest BCUT2D eigenvalue weighted by Gasteiger charge is -2.24. The van der Waals surface area contributed by atoms with Crippen molar-refractivity contribution >= 4 is 18.6 Å². The molecule has 1 N–H and O–H groups in total. The van der Waals surface area contributed by atoms with Crippen molar-refractivity contribution in [2.45, 2.75) is 96.8 Å². The van der Waals surface area contributed by atoms with E-state index in [1.165, 1.54) is 77.0 Å². The molecule has 0 aromatic carbocycles. The van der Waals surface area contributed by atoms with Gasteiger partial charge in [-0.25, -0.2) is 4.57 Å². The number of phosphoric ester groups is 1. The topological polar surface area (TPSA) is 82.1 Å². The van der Waals surface area contributed by atoms with Crippen LogP contribution in [0.2, 0.25) is 0 Å². The summed E-state index contributed by atoms with van der Waals surface area (Å²) < 4.78 is 40.6. The van der Waals surface area contributed by atoms with Crippen molar-refractivity contribution in [3.8, 4) is 0 Å². The van der Waals surface area contributed by atoms with Crippen molar-refractivity contribution in [3.63, 3.8) is 0 Å². The fourth-order valence-electron chi connectivity index (χ4n) is 3.85. The van der Waals surface area contributed by atoms with Crippen LogP contribution in [-0.4, -0.2) is 79.7 Å². The largest absolute Gasteiger partial charge is 0.472 e. The van der Waals surface area contributed by atoms with Crippen LogP contribution in [0.15, 0.2) is 0 Å². The molecule has 0 aliphatic heterocycles. The predicted octanol–water partition coefficient (Wildman–Crippen LogP) is 6.32. The Morgan fingerprint density at radius 3 is 1.74 bits per heavy atom. The van der Waals surface area contributed by atoms with E-state index in [0.717, 1.165) is 12.8 Å². The molecule has 0 aromatic rings. The molecule has 0 amide bonds. The van der Waals surface area contributed by atoms with Crippen molar-refractivity contribution < 1.29 is 31.9 Å². The van der Waals surface area contributed by atoms with E-state index >= 15 is 0 Å². The van der Waals surface area contributed by atoms with Crippen LogP contribution in [-0.2, 0) is 29.1 Å². The summed E-state index contributed by atoms with van der Waals surface area (Å²) in [5, 5.41) is 0. The van der Waals surface area contributed by atoms with Crippen LogP contribution in [0.3, 0.4) is 0 Å². The highest BCUT2D eigenvalue weighted by molar-refractivity contribution is 7.84. The van der Waals surface area contributed by atoms with Crippen LogP contribution >= 0.6 is 7.82 Å². The Bertz CT molecular complexity index is 558. The van der Waals surface area contributed by atoms with Gasteiger partial charge in [-0.3, -0.25) is 13.3 Å². The fraction of sp³-hybridized carbons (Fsp3) is 1.00. The molecule has 0 aliphatic rings. The minimum Gasteiger partial charge on any atom is -0.384 e. The van der Waals surface area contributed by atoms with E-state index in [2.05, 4.69) is 6.92 Å². The molecule has 0 saturated heterocycles. The lowest BCUT2D eigenvalue weighted by molar-refractivity contribution is -0.870. The van der Waals surface area contributed by atoms with E-state index in [1.54, 1.807) is 7.11 Å². The monoisotopic (exact) mass is 542 g/mol. The van der Waals surface area contributed by atoms with Crippen LogP contribution in [0.5, 0.6) is 0 Å². The van der Waals surface area contributed by atoms with E-state index in [4.69, 9.17) is 13.8 Å². The number of nitrogens with zero attached hydrogens (tertiary/aromatic N) is 1. The molecular formula is C26H57NO6PS+. The number of likely N-dealkylation sites (N-methyl/N-ethyl adjacent to an activating group) is 1. The van der Waals surface area contributed by atoms with Gasteiger partial charge in [0.2, 0.25) is 0 Å². The maximum Gasteiger partial charge on any atom is 0.472 e. The zero-order valence-corrected chi connectivity index (χ0v) is 25.2. The van der Waals surface area contributed by atoms with Crippen molar-refractivity contribution in [2.24, 2.45) is 5.92 Å². The molecule has 0 spiro atoms. The van der Waals surface area contributed by atoms with Gasteiger partial charge in [0.25, 0.3) is 0 Å². The molecule has 0 aromatic heterocycles. The molecule has 7 nitrogen and oxygen atoms in total. The standard InChI is InChI=1S/C26H56NO6PS/c1-6-7-8-9-10-11-12-13-14-15-16-17-18-19-22-35(30)25-26(23-31-5)24-33-34(28,29)32-21-20-27(2,3)4/h26H,6-25H2,1-5H3/p+1. The van der Waals surface area contributed by atoms with Crippen LogP contribution in [0, 0.1) is 5.92 Å². The number of ether oxygens (including phenoxy) is 1. The van der Waals surface area contributed by atoms with Crippen LogP contribution in [0.1, 0.15) is 96.8 Å². The number of hydrogen-bond acceptors (Lipinski definition) is 5. The Morgan fingerprint density at radius 2 is 1.29 bits per heavy atom. The average Bonchev–Trinajstić information content (AvgIpc) is 2.77. The maximum absolute atomic E-state index is 12.5. The summed E-state index contributed by atoms with van der Waals surface area (Å²) in [6.07, 6.45) is 18.2. The molecule has 0 bridgehead atoms. The van der Waals surface area contributed by atoms with E-state index in [0.29, 0.717) is 29.1 Å².